The lowest BCUT2D eigenvalue weighted by Gasteiger charge is -2.16. The molecule has 0 aliphatic heterocycles. The van der Waals surface area contributed by atoms with Gasteiger partial charge >= 0.3 is 5.82 Å². The van der Waals surface area contributed by atoms with Crippen LogP contribution in [0.15, 0.2) is 18.3 Å². The molecule has 0 amide bonds. The second kappa shape index (κ2) is 5.61. The van der Waals surface area contributed by atoms with Crippen LogP contribution in [0.3, 0.4) is 0 Å². The van der Waals surface area contributed by atoms with Crippen molar-refractivity contribution in [3.05, 3.63) is 28.4 Å². The maximum Gasteiger partial charge on any atom is 0.363 e. The lowest BCUT2D eigenvalue weighted by atomic mass is 10.1. The third-order valence-corrected chi connectivity index (χ3v) is 3.16. The van der Waals surface area contributed by atoms with E-state index in [1.165, 1.54) is 44.6 Å². The van der Waals surface area contributed by atoms with Crippen molar-refractivity contribution in [2.75, 3.05) is 5.32 Å². The van der Waals surface area contributed by atoms with Crippen LogP contribution in [0.25, 0.3) is 0 Å². The Bertz CT molecular complexity index is 370. The zero-order chi connectivity index (χ0) is 12.1. The molecule has 17 heavy (non-hydrogen) atoms. The van der Waals surface area contributed by atoms with Crippen molar-refractivity contribution in [2.45, 2.75) is 44.6 Å². The molecule has 0 unspecified atom stereocenters. The summed E-state index contributed by atoms with van der Waals surface area (Å²) in [7, 11) is 0. The number of nitrogens with one attached hydrogen (secondary N) is 1. The molecule has 0 radical (unpaired) electrons. The van der Waals surface area contributed by atoms with Gasteiger partial charge in [-0.15, -0.1) is 0 Å². The van der Waals surface area contributed by atoms with Crippen LogP contribution < -0.4 is 5.32 Å². The van der Waals surface area contributed by atoms with Gasteiger partial charge in [0.2, 0.25) is 0 Å². The van der Waals surface area contributed by atoms with Crippen LogP contribution in [-0.4, -0.2) is 15.9 Å². The molecule has 0 saturated heterocycles. The number of nitrogens with zero attached hydrogens (tertiary/aromatic N) is 2. The summed E-state index contributed by atoms with van der Waals surface area (Å²) in [6.07, 6.45) is 9.06. The Morgan fingerprint density at radius 1 is 1.24 bits per heavy atom. The van der Waals surface area contributed by atoms with E-state index >= 15 is 0 Å². The standard InChI is InChI=1S/C12H17N3O2/c16-15(17)12-8-7-11(9-13-12)14-10-5-3-1-2-4-6-10/h7-10,14H,1-6H2. The summed E-state index contributed by atoms with van der Waals surface area (Å²) < 4.78 is 0. The summed E-state index contributed by atoms with van der Waals surface area (Å²) in [5.41, 5.74) is 0.877. The summed E-state index contributed by atoms with van der Waals surface area (Å²) >= 11 is 0. The van der Waals surface area contributed by atoms with Crippen molar-refractivity contribution in [1.29, 1.82) is 0 Å². The fourth-order valence-electron chi connectivity index (χ4n) is 2.24. The summed E-state index contributed by atoms with van der Waals surface area (Å²) in [6.45, 7) is 0. The van der Waals surface area contributed by atoms with E-state index in [4.69, 9.17) is 0 Å². The highest BCUT2D eigenvalue weighted by Gasteiger charge is 2.13. The van der Waals surface area contributed by atoms with Gasteiger partial charge in [-0.25, -0.2) is 0 Å². The van der Waals surface area contributed by atoms with Crippen LogP contribution in [0, 0.1) is 10.1 Å². The number of hydrogen-bond acceptors (Lipinski definition) is 4. The third kappa shape index (κ3) is 3.41. The Labute approximate surface area is 100 Å². The number of nitro groups is 1. The molecular formula is C12H17N3O2. The monoisotopic (exact) mass is 235 g/mol. The van der Waals surface area contributed by atoms with Crippen LogP contribution in [0.1, 0.15) is 38.5 Å². The van der Waals surface area contributed by atoms with Crippen molar-refractivity contribution >= 4 is 11.5 Å². The second-order valence-electron chi connectivity index (χ2n) is 4.50. The Morgan fingerprint density at radius 2 is 1.94 bits per heavy atom. The Balaban J connectivity index is 1.95. The molecule has 1 N–H and O–H groups in total. The van der Waals surface area contributed by atoms with E-state index in [1.807, 2.05) is 0 Å². The van der Waals surface area contributed by atoms with Crippen molar-refractivity contribution in [3.63, 3.8) is 0 Å². The summed E-state index contributed by atoms with van der Waals surface area (Å²) in [5, 5.41) is 13.9. The number of pyridine rings is 1. The van der Waals surface area contributed by atoms with Gasteiger partial charge in [-0.1, -0.05) is 25.7 Å². The van der Waals surface area contributed by atoms with Crippen LogP contribution in [0.2, 0.25) is 0 Å². The topological polar surface area (TPSA) is 68.1 Å². The Hall–Kier alpha value is -1.65. The number of rotatable bonds is 3. The molecule has 0 spiro atoms. The molecule has 1 aliphatic rings. The van der Waals surface area contributed by atoms with E-state index in [0.717, 1.165) is 5.69 Å². The highest BCUT2D eigenvalue weighted by molar-refractivity contribution is 5.44. The van der Waals surface area contributed by atoms with E-state index in [-0.39, 0.29) is 5.82 Å². The van der Waals surface area contributed by atoms with Crippen LogP contribution in [-0.2, 0) is 0 Å². The number of aromatic nitrogens is 1. The first-order chi connectivity index (χ1) is 8.25. The molecule has 5 heteroatoms. The minimum absolute atomic E-state index is 0.101. The molecule has 92 valence electrons. The van der Waals surface area contributed by atoms with Gasteiger partial charge < -0.3 is 15.4 Å². The molecule has 5 nitrogen and oxygen atoms in total. The summed E-state index contributed by atoms with van der Waals surface area (Å²) in [5.74, 6) is -0.101. The van der Waals surface area contributed by atoms with Gasteiger partial charge in [0.25, 0.3) is 0 Å². The predicted molar refractivity (Wildman–Crippen MR) is 66.0 cm³/mol. The molecule has 1 aromatic rings. The van der Waals surface area contributed by atoms with E-state index < -0.39 is 4.92 Å². The zero-order valence-electron chi connectivity index (χ0n) is 9.76. The van der Waals surface area contributed by atoms with E-state index in [2.05, 4.69) is 10.3 Å². The predicted octanol–water partition coefficient (Wildman–Crippen LogP) is 3.12. The maximum atomic E-state index is 10.5. The molecule has 1 saturated carbocycles. The average molecular weight is 235 g/mol. The highest BCUT2D eigenvalue weighted by atomic mass is 16.6. The van der Waals surface area contributed by atoms with Crippen LogP contribution in [0.5, 0.6) is 0 Å². The van der Waals surface area contributed by atoms with Crippen LogP contribution in [0.4, 0.5) is 11.5 Å². The molecule has 1 aliphatic carbocycles. The largest absolute Gasteiger partial charge is 0.379 e. The summed E-state index contributed by atoms with van der Waals surface area (Å²) in [4.78, 5) is 13.8. The fourth-order valence-corrected chi connectivity index (χ4v) is 2.24. The Kier molecular flexibility index (Phi) is 3.90. The van der Waals surface area contributed by atoms with Crippen molar-refractivity contribution in [1.82, 2.24) is 4.98 Å². The minimum Gasteiger partial charge on any atom is -0.379 e. The molecule has 1 fully saturated rings. The van der Waals surface area contributed by atoms with Crippen molar-refractivity contribution in [2.24, 2.45) is 0 Å². The fraction of sp³-hybridized carbons (Fsp3) is 0.583. The van der Waals surface area contributed by atoms with Gasteiger partial charge in [-0.2, -0.15) is 0 Å². The van der Waals surface area contributed by atoms with Crippen molar-refractivity contribution in [3.8, 4) is 0 Å². The lowest BCUT2D eigenvalue weighted by molar-refractivity contribution is -0.389. The van der Waals surface area contributed by atoms with E-state index in [0.29, 0.717) is 6.04 Å². The van der Waals surface area contributed by atoms with Gasteiger partial charge in [-0.3, -0.25) is 0 Å². The van der Waals surface area contributed by atoms with Gasteiger partial charge in [0.15, 0.2) is 6.20 Å². The molecule has 0 atom stereocenters. The highest BCUT2D eigenvalue weighted by Crippen LogP contribution is 2.21. The third-order valence-electron chi connectivity index (χ3n) is 3.16. The molecule has 0 bridgehead atoms. The van der Waals surface area contributed by atoms with Gasteiger partial charge in [0, 0.05) is 12.1 Å². The van der Waals surface area contributed by atoms with Crippen LogP contribution >= 0.6 is 0 Å². The molecule has 2 rings (SSSR count). The first-order valence-electron chi connectivity index (χ1n) is 6.13. The SMILES string of the molecule is O=[N+]([O-])c1ccc(NC2CCCCCC2)cn1. The van der Waals surface area contributed by atoms with Gasteiger partial charge in [0.05, 0.1) is 5.69 Å². The molecule has 1 heterocycles. The second-order valence-corrected chi connectivity index (χ2v) is 4.50. The smallest absolute Gasteiger partial charge is 0.363 e. The van der Waals surface area contributed by atoms with Crippen molar-refractivity contribution < 1.29 is 4.92 Å². The Morgan fingerprint density at radius 3 is 2.47 bits per heavy atom. The molecule has 0 aromatic carbocycles. The quantitative estimate of drug-likeness (QED) is 0.496. The van der Waals surface area contributed by atoms with E-state index in [1.54, 1.807) is 12.3 Å². The van der Waals surface area contributed by atoms with Gasteiger partial charge in [0.1, 0.15) is 0 Å². The van der Waals surface area contributed by atoms with E-state index in [9.17, 15) is 10.1 Å². The first kappa shape index (κ1) is 11.8. The minimum atomic E-state index is -0.477. The molecule has 1 aromatic heterocycles. The molecular weight excluding hydrogens is 218 g/mol. The normalized spacial score (nSPS) is 17.4. The number of anilines is 1. The maximum absolute atomic E-state index is 10.5. The lowest BCUT2D eigenvalue weighted by Crippen LogP contribution is -2.18. The zero-order valence-corrected chi connectivity index (χ0v) is 9.76. The average Bonchev–Trinajstić information content (AvgIpc) is 2.58. The summed E-state index contributed by atoms with van der Waals surface area (Å²) in [6, 6.07) is 3.66. The van der Waals surface area contributed by atoms with Gasteiger partial charge in [-0.05, 0) is 28.8 Å². The first-order valence-corrected chi connectivity index (χ1v) is 6.13. The number of hydrogen-bond donors (Lipinski definition) is 1.